The van der Waals surface area contributed by atoms with Gasteiger partial charge in [0.2, 0.25) is 12.2 Å². The van der Waals surface area contributed by atoms with E-state index in [0.29, 0.717) is 0 Å². The van der Waals surface area contributed by atoms with Crippen LogP contribution in [0, 0.1) is 0 Å². The molecule has 0 aromatic heterocycles. The van der Waals surface area contributed by atoms with Crippen LogP contribution < -0.4 is 0 Å². The van der Waals surface area contributed by atoms with Crippen LogP contribution in [0.15, 0.2) is 17.4 Å². The van der Waals surface area contributed by atoms with Crippen LogP contribution in [0.1, 0.15) is 0 Å². The Morgan fingerprint density at radius 2 is 2.57 bits per heavy atom. The van der Waals surface area contributed by atoms with Crippen molar-refractivity contribution < 1.29 is 3.89 Å². The molecule has 0 N–H and O–H groups in total. The normalized spacial score (nSPS) is 43.4. The van der Waals surface area contributed by atoms with Gasteiger partial charge < -0.3 is 0 Å². The van der Waals surface area contributed by atoms with E-state index in [0.717, 1.165) is 3.89 Å². The predicted molar refractivity (Wildman–Crippen MR) is 30.4 cm³/mol. The molecule has 1 spiro atoms. The zero-order valence-electron chi connectivity index (χ0n) is 3.74. The van der Waals surface area contributed by atoms with E-state index >= 15 is 0 Å². The number of nitrogens with zero attached hydrogens (tertiary/aromatic N) is 2. The topological polar surface area (TPSA) is 12.4 Å². The molecule has 2 aliphatic heterocycles. The molecule has 2 aliphatic rings. The highest BCUT2D eigenvalue weighted by Gasteiger charge is 2.44. The first-order valence-corrected chi connectivity index (χ1v) is 3.10. The molecule has 2 nitrogen and oxygen atoms in total. The van der Waals surface area contributed by atoms with Crippen LogP contribution in [0.25, 0.3) is 0 Å². The molecule has 0 aromatic rings. The van der Waals surface area contributed by atoms with Crippen LogP contribution in [-0.2, 0) is 0 Å². The lowest BCUT2D eigenvalue weighted by Crippen LogP contribution is -2.07. The van der Waals surface area contributed by atoms with Crippen LogP contribution in [0.4, 0.5) is 0 Å². The maximum absolute atomic E-state index is 3.94. The van der Waals surface area contributed by atoms with E-state index in [1.54, 1.807) is 0 Å². The fourth-order valence-electron chi connectivity index (χ4n) is 0.561. The lowest BCUT2D eigenvalue weighted by atomic mass is 10.9. The van der Waals surface area contributed by atoms with Gasteiger partial charge in [-0.05, 0) is 0 Å². The molecular weight excluding hydrogens is 108 g/mol. The zero-order chi connectivity index (χ0) is 4.74. The Bertz CT molecular complexity index is 132. The first kappa shape index (κ1) is 3.69. The van der Waals surface area contributed by atoms with Crippen LogP contribution in [0.5, 0.6) is 0 Å². The SMILES string of the molecule is C1=C[N+]2(C=N1)CS2. The van der Waals surface area contributed by atoms with Crippen LogP contribution in [0.3, 0.4) is 0 Å². The average Bonchev–Trinajstić information content (AvgIpc) is 2.15. The Kier molecular flexibility index (Phi) is 0.489. The summed E-state index contributed by atoms with van der Waals surface area (Å²) in [4.78, 5) is 3.94. The molecule has 1 fully saturated rings. The predicted octanol–water partition coefficient (Wildman–Crippen LogP) is 0.936. The van der Waals surface area contributed by atoms with Crippen molar-refractivity contribution in [3.05, 3.63) is 12.4 Å². The third-order valence-corrected chi connectivity index (χ3v) is 2.16. The summed E-state index contributed by atoms with van der Waals surface area (Å²) in [5, 5.41) is 0. The highest BCUT2D eigenvalue weighted by molar-refractivity contribution is 7.99. The average molecular weight is 113 g/mol. The lowest BCUT2D eigenvalue weighted by molar-refractivity contribution is -0.542. The molecule has 36 valence electrons. The van der Waals surface area contributed by atoms with Gasteiger partial charge in [-0.15, -0.1) is 0 Å². The van der Waals surface area contributed by atoms with E-state index in [1.807, 2.05) is 24.5 Å². The minimum atomic E-state index is 0.944. The third kappa shape index (κ3) is 0.421. The van der Waals surface area contributed by atoms with Gasteiger partial charge in [-0.25, -0.2) is 4.99 Å². The Balaban J connectivity index is 2.38. The van der Waals surface area contributed by atoms with Crippen molar-refractivity contribution in [2.75, 3.05) is 5.88 Å². The molecule has 2 heterocycles. The molecule has 1 atom stereocenters. The van der Waals surface area contributed by atoms with Gasteiger partial charge >= 0.3 is 0 Å². The molecule has 1 saturated heterocycles. The number of hydrogen-bond donors (Lipinski definition) is 0. The Hall–Kier alpha value is -0.280. The first-order chi connectivity index (χ1) is 3.41. The van der Waals surface area contributed by atoms with Crippen molar-refractivity contribution in [2.45, 2.75) is 0 Å². The quantitative estimate of drug-likeness (QED) is 0.259. The summed E-state index contributed by atoms with van der Waals surface area (Å²) in [5.41, 5.74) is 0. The molecular formula is C4H5N2S+. The van der Waals surface area contributed by atoms with Crippen molar-refractivity contribution in [3.63, 3.8) is 0 Å². The van der Waals surface area contributed by atoms with Gasteiger partial charge in [0.05, 0.1) is 6.20 Å². The van der Waals surface area contributed by atoms with Crippen LogP contribution in [-0.4, -0.2) is 16.1 Å². The highest BCUT2D eigenvalue weighted by atomic mass is 32.2. The molecule has 2 rings (SSSR count). The summed E-state index contributed by atoms with van der Waals surface area (Å²) in [5.74, 6) is 1.18. The molecule has 0 radical (unpaired) electrons. The Morgan fingerprint density at radius 3 is 2.86 bits per heavy atom. The molecule has 0 amide bonds. The van der Waals surface area contributed by atoms with Gasteiger partial charge in [0.25, 0.3) is 0 Å². The van der Waals surface area contributed by atoms with E-state index in [1.165, 1.54) is 5.88 Å². The number of hydrogen-bond acceptors (Lipinski definition) is 2. The highest BCUT2D eigenvalue weighted by Crippen LogP contribution is 2.41. The van der Waals surface area contributed by atoms with Crippen LogP contribution in [0.2, 0.25) is 0 Å². The van der Waals surface area contributed by atoms with Crippen molar-refractivity contribution in [1.29, 1.82) is 0 Å². The van der Waals surface area contributed by atoms with Gasteiger partial charge in [0.15, 0.2) is 11.9 Å². The minimum absolute atomic E-state index is 0.944. The second-order valence-corrected chi connectivity index (χ2v) is 2.87. The number of aliphatic imine (C=N–C) groups is 1. The monoisotopic (exact) mass is 113 g/mol. The Morgan fingerprint density at radius 1 is 1.71 bits per heavy atom. The second kappa shape index (κ2) is 0.928. The van der Waals surface area contributed by atoms with Crippen LogP contribution >= 0.6 is 11.9 Å². The number of rotatable bonds is 0. The van der Waals surface area contributed by atoms with Crippen molar-refractivity contribution in [1.82, 2.24) is 0 Å². The van der Waals surface area contributed by atoms with E-state index < -0.39 is 0 Å². The van der Waals surface area contributed by atoms with Crippen molar-refractivity contribution in [3.8, 4) is 0 Å². The van der Waals surface area contributed by atoms with Gasteiger partial charge in [0.1, 0.15) is 6.20 Å². The third-order valence-electron chi connectivity index (χ3n) is 1.09. The zero-order valence-corrected chi connectivity index (χ0v) is 4.56. The maximum atomic E-state index is 3.94. The summed E-state index contributed by atoms with van der Waals surface area (Å²) < 4.78 is 0.944. The van der Waals surface area contributed by atoms with Crippen molar-refractivity contribution in [2.24, 2.45) is 4.99 Å². The molecule has 0 bridgehead atoms. The molecule has 0 aromatic carbocycles. The summed E-state index contributed by atoms with van der Waals surface area (Å²) in [6.07, 6.45) is 5.88. The summed E-state index contributed by atoms with van der Waals surface area (Å²) in [6, 6.07) is 0. The molecule has 0 aliphatic carbocycles. The molecule has 1 unspecified atom stereocenters. The fraction of sp³-hybridized carbons (Fsp3) is 0.250. The first-order valence-electron chi connectivity index (χ1n) is 2.15. The van der Waals surface area contributed by atoms with Gasteiger partial charge in [-0.3, -0.25) is 0 Å². The molecule has 3 heteroatoms. The Labute approximate surface area is 46.3 Å². The second-order valence-electron chi connectivity index (χ2n) is 1.68. The summed E-state index contributed by atoms with van der Waals surface area (Å²) in [6.45, 7) is 0. The standard InChI is InChI=1S/C4H5N2S/c1-2-6(3-5-1)4-7-6/h1-3H,4H2/q+1. The van der Waals surface area contributed by atoms with E-state index in [9.17, 15) is 0 Å². The summed E-state index contributed by atoms with van der Waals surface area (Å²) >= 11 is 1.88. The van der Waals surface area contributed by atoms with Gasteiger partial charge in [-0.1, -0.05) is 0 Å². The summed E-state index contributed by atoms with van der Waals surface area (Å²) in [7, 11) is 0. The van der Waals surface area contributed by atoms with Gasteiger partial charge in [-0.2, -0.15) is 3.89 Å². The lowest BCUT2D eigenvalue weighted by Gasteiger charge is -1.89. The van der Waals surface area contributed by atoms with Gasteiger partial charge in [0, 0.05) is 0 Å². The van der Waals surface area contributed by atoms with E-state index in [-0.39, 0.29) is 0 Å². The molecule has 0 saturated carbocycles. The molecule has 7 heavy (non-hydrogen) atoms. The number of quaternary nitrogens is 1. The fourth-order valence-corrected chi connectivity index (χ4v) is 1.11. The van der Waals surface area contributed by atoms with E-state index in [2.05, 4.69) is 11.2 Å². The largest absolute Gasteiger partial charge is 0.207 e. The van der Waals surface area contributed by atoms with E-state index in [4.69, 9.17) is 0 Å². The van der Waals surface area contributed by atoms with Crippen molar-refractivity contribution >= 4 is 18.3 Å². The maximum Gasteiger partial charge on any atom is 0.207 e. The minimum Gasteiger partial charge on any atom is -0.205 e. The smallest absolute Gasteiger partial charge is 0.205 e.